The molecule has 3 aromatic carbocycles. The van der Waals surface area contributed by atoms with Gasteiger partial charge in [-0.25, -0.2) is 4.98 Å². The molecule has 1 fully saturated rings. The Bertz CT molecular complexity index is 1700. The molecular weight excluding hydrogens is 513 g/mol. The van der Waals surface area contributed by atoms with E-state index in [4.69, 9.17) is 0 Å². The van der Waals surface area contributed by atoms with Gasteiger partial charge in [0.25, 0.3) is 5.91 Å². The van der Waals surface area contributed by atoms with Crippen LogP contribution in [0, 0.1) is 5.92 Å². The van der Waals surface area contributed by atoms with Crippen LogP contribution in [0.1, 0.15) is 34.3 Å². The van der Waals surface area contributed by atoms with Gasteiger partial charge >= 0.3 is 6.18 Å². The lowest BCUT2D eigenvalue weighted by atomic mass is 10.0. The van der Waals surface area contributed by atoms with Crippen molar-refractivity contribution in [3.05, 3.63) is 83.6 Å². The highest BCUT2D eigenvalue weighted by Gasteiger charge is 2.31. The minimum absolute atomic E-state index is 0.0149. The molecular formula is C28H21F3N4O2S. The third-order valence-electron chi connectivity index (χ3n) is 6.53. The Morgan fingerprint density at radius 1 is 1.03 bits per heavy atom. The number of carbonyl (C=O) groups is 2. The minimum Gasteiger partial charge on any atom is -0.360 e. The van der Waals surface area contributed by atoms with Crippen LogP contribution in [0.2, 0.25) is 0 Å². The topological polar surface area (TPSA) is 86.9 Å². The first-order chi connectivity index (χ1) is 18.2. The van der Waals surface area contributed by atoms with E-state index in [1.807, 2.05) is 36.4 Å². The summed E-state index contributed by atoms with van der Waals surface area (Å²) < 4.78 is 39.9. The monoisotopic (exact) mass is 534 g/mol. The van der Waals surface area contributed by atoms with Gasteiger partial charge < -0.3 is 15.6 Å². The minimum atomic E-state index is -4.44. The number of benzene rings is 3. The number of aromatic nitrogens is 2. The predicted octanol–water partition coefficient (Wildman–Crippen LogP) is 6.74. The fourth-order valence-electron chi connectivity index (χ4n) is 4.33. The zero-order valence-electron chi connectivity index (χ0n) is 19.9. The number of fused-ring (bicyclic) bond motifs is 2. The van der Waals surface area contributed by atoms with E-state index >= 15 is 0 Å². The summed E-state index contributed by atoms with van der Waals surface area (Å²) in [6.45, 7) is -0.0310. The lowest BCUT2D eigenvalue weighted by Crippen LogP contribution is -2.22. The number of halogens is 3. The first-order valence-corrected chi connectivity index (χ1v) is 12.8. The Labute approximate surface area is 218 Å². The van der Waals surface area contributed by atoms with Crippen molar-refractivity contribution in [3.63, 3.8) is 0 Å². The summed E-state index contributed by atoms with van der Waals surface area (Å²) in [6.07, 6.45) is -1.000. The van der Waals surface area contributed by atoms with Crippen molar-refractivity contribution >= 4 is 49.4 Å². The number of anilines is 1. The van der Waals surface area contributed by atoms with Crippen LogP contribution in [-0.2, 0) is 17.5 Å². The highest BCUT2D eigenvalue weighted by Crippen LogP contribution is 2.35. The number of amides is 2. The fraction of sp³-hybridized carbons (Fsp3) is 0.179. The van der Waals surface area contributed by atoms with E-state index in [2.05, 4.69) is 20.6 Å². The molecule has 0 bridgehead atoms. The Morgan fingerprint density at radius 3 is 2.61 bits per heavy atom. The molecule has 10 heteroatoms. The number of carbonyl (C=O) groups excluding carboxylic acids is 2. The predicted molar refractivity (Wildman–Crippen MR) is 141 cm³/mol. The van der Waals surface area contributed by atoms with E-state index in [1.165, 1.54) is 17.4 Å². The summed E-state index contributed by atoms with van der Waals surface area (Å²) in [5.41, 5.74) is 3.39. The number of thiazole rings is 1. The van der Waals surface area contributed by atoms with Crippen molar-refractivity contribution in [2.24, 2.45) is 5.92 Å². The highest BCUT2D eigenvalue weighted by atomic mass is 32.1. The SMILES string of the molecule is O=C(NCc1cccc(C(F)(F)F)c1)c1c[nH]c2ccc(-c3ccc4nc(NC(=O)C5CC5)sc4c3)cc12. The summed E-state index contributed by atoms with van der Waals surface area (Å²) in [5.74, 6) is -0.275. The molecule has 0 atom stereocenters. The first-order valence-electron chi connectivity index (χ1n) is 12.0. The van der Waals surface area contributed by atoms with Crippen molar-refractivity contribution < 1.29 is 22.8 Å². The van der Waals surface area contributed by atoms with Crippen LogP contribution in [0.15, 0.2) is 66.9 Å². The van der Waals surface area contributed by atoms with Gasteiger partial charge in [0.05, 0.1) is 21.3 Å². The van der Waals surface area contributed by atoms with E-state index in [9.17, 15) is 22.8 Å². The standard InChI is InChI=1S/C28H21F3N4O2S/c29-28(30,31)19-3-1-2-15(10-19)13-33-26(37)21-14-32-22-8-6-17(11-20(21)22)18-7-9-23-24(12-18)38-27(34-23)35-25(36)16-4-5-16/h1-3,6-12,14,16,32H,4-5,13H2,(H,33,37)(H,34,35,36). The molecule has 2 aromatic heterocycles. The van der Waals surface area contributed by atoms with E-state index in [0.29, 0.717) is 21.6 Å². The average molecular weight is 535 g/mol. The smallest absolute Gasteiger partial charge is 0.360 e. The van der Waals surface area contributed by atoms with Crippen LogP contribution in [0.5, 0.6) is 0 Å². The molecule has 5 aromatic rings. The van der Waals surface area contributed by atoms with Gasteiger partial charge in [-0.1, -0.05) is 35.6 Å². The quantitative estimate of drug-likeness (QED) is 0.225. The largest absolute Gasteiger partial charge is 0.416 e. The molecule has 0 radical (unpaired) electrons. The Morgan fingerprint density at radius 2 is 1.82 bits per heavy atom. The number of nitrogens with zero attached hydrogens (tertiary/aromatic N) is 1. The van der Waals surface area contributed by atoms with Crippen molar-refractivity contribution in [2.45, 2.75) is 25.6 Å². The Kier molecular flexibility index (Phi) is 5.91. The number of hydrogen-bond donors (Lipinski definition) is 3. The van der Waals surface area contributed by atoms with Crippen LogP contribution in [0.25, 0.3) is 32.2 Å². The van der Waals surface area contributed by atoms with Crippen LogP contribution in [0.3, 0.4) is 0 Å². The number of nitrogens with one attached hydrogen (secondary N) is 3. The fourth-order valence-corrected chi connectivity index (χ4v) is 5.24. The van der Waals surface area contributed by atoms with Crippen LogP contribution < -0.4 is 10.6 Å². The van der Waals surface area contributed by atoms with Gasteiger partial charge in [0.1, 0.15) is 0 Å². The maximum absolute atomic E-state index is 13.0. The number of rotatable bonds is 6. The lowest BCUT2D eigenvalue weighted by molar-refractivity contribution is -0.137. The molecule has 2 heterocycles. The molecule has 6 rings (SSSR count). The van der Waals surface area contributed by atoms with Gasteiger partial charge in [-0.2, -0.15) is 13.2 Å². The van der Waals surface area contributed by atoms with Crippen molar-refractivity contribution in [3.8, 4) is 11.1 Å². The summed E-state index contributed by atoms with van der Waals surface area (Å²) in [6, 6.07) is 16.5. The van der Waals surface area contributed by atoms with Gasteiger partial charge in [-0.3, -0.25) is 9.59 Å². The van der Waals surface area contributed by atoms with Gasteiger partial charge in [0.2, 0.25) is 5.91 Å². The molecule has 38 heavy (non-hydrogen) atoms. The second-order valence-corrected chi connectivity index (χ2v) is 10.3. The summed E-state index contributed by atoms with van der Waals surface area (Å²) in [5, 5.41) is 6.89. The second kappa shape index (κ2) is 9.29. The Hall–Kier alpha value is -4.18. The van der Waals surface area contributed by atoms with E-state index in [0.717, 1.165) is 51.8 Å². The average Bonchev–Trinajstić information content (AvgIpc) is 3.55. The lowest BCUT2D eigenvalue weighted by Gasteiger charge is -2.09. The maximum atomic E-state index is 13.0. The number of H-pyrrole nitrogens is 1. The van der Waals surface area contributed by atoms with Crippen LogP contribution in [-0.4, -0.2) is 21.8 Å². The first kappa shape index (κ1) is 24.2. The zero-order chi connectivity index (χ0) is 26.4. The van der Waals surface area contributed by atoms with Gasteiger partial charge in [-0.15, -0.1) is 0 Å². The highest BCUT2D eigenvalue weighted by molar-refractivity contribution is 7.22. The third kappa shape index (κ3) is 4.87. The molecule has 0 saturated heterocycles. The molecule has 3 N–H and O–H groups in total. The Balaban J connectivity index is 1.22. The molecule has 1 saturated carbocycles. The number of alkyl halides is 3. The molecule has 0 aliphatic heterocycles. The second-order valence-electron chi connectivity index (χ2n) is 9.31. The van der Waals surface area contributed by atoms with Crippen LogP contribution >= 0.6 is 11.3 Å². The summed E-state index contributed by atoms with van der Waals surface area (Å²) in [7, 11) is 0. The van der Waals surface area contributed by atoms with E-state index < -0.39 is 11.7 Å². The van der Waals surface area contributed by atoms with Crippen molar-refractivity contribution in [1.29, 1.82) is 0 Å². The van der Waals surface area contributed by atoms with Gasteiger partial charge in [0.15, 0.2) is 5.13 Å². The molecule has 192 valence electrons. The van der Waals surface area contributed by atoms with Gasteiger partial charge in [-0.05, 0) is 65.9 Å². The molecule has 0 unspecified atom stereocenters. The molecule has 6 nitrogen and oxygen atoms in total. The van der Waals surface area contributed by atoms with Gasteiger partial charge in [0, 0.05) is 29.6 Å². The molecule has 1 aliphatic carbocycles. The van der Waals surface area contributed by atoms with Crippen molar-refractivity contribution in [1.82, 2.24) is 15.3 Å². The van der Waals surface area contributed by atoms with Crippen LogP contribution in [0.4, 0.5) is 18.3 Å². The normalized spacial score (nSPS) is 13.7. The van der Waals surface area contributed by atoms with Crippen molar-refractivity contribution in [2.75, 3.05) is 5.32 Å². The summed E-state index contributed by atoms with van der Waals surface area (Å²) >= 11 is 1.42. The zero-order valence-corrected chi connectivity index (χ0v) is 20.7. The molecule has 2 amide bonds. The maximum Gasteiger partial charge on any atom is 0.416 e. The summed E-state index contributed by atoms with van der Waals surface area (Å²) in [4.78, 5) is 32.6. The molecule has 0 spiro atoms. The number of aromatic amines is 1. The molecule has 1 aliphatic rings. The van der Waals surface area contributed by atoms with E-state index in [1.54, 1.807) is 12.3 Å². The number of hydrogen-bond acceptors (Lipinski definition) is 4. The van der Waals surface area contributed by atoms with E-state index in [-0.39, 0.29) is 24.3 Å². The third-order valence-corrected chi connectivity index (χ3v) is 7.47.